The molecule has 1 aromatic carbocycles. The summed E-state index contributed by atoms with van der Waals surface area (Å²) >= 11 is 0. The standard InChI is InChI=1S/C14H20N2O3/c1-18-11(8-15)9-19-14(17)13-12-5-3-2-4-10(12)6-7-16-13/h2-5,11,13,16H,6-9,15H2,1H3. The number of nitrogens with one attached hydrogen (secondary N) is 1. The second-order valence-corrected chi connectivity index (χ2v) is 4.56. The van der Waals surface area contributed by atoms with Crippen LogP contribution in [0.3, 0.4) is 0 Å². The minimum atomic E-state index is -0.389. The second-order valence-electron chi connectivity index (χ2n) is 4.56. The van der Waals surface area contributed by atoms with E-state index in [9.17, 15) is 4.79 Å². The van der Waals surface area contributed by atoms with E-state index in [1.54, 1.807) is 7.11 Å². The van der Waals surface area contributed by atoms with Gasteiger partial charge in [-0.3, -0.25) is 0 Å². The highest BCUT2D eigenvalue weighted by molar-refractivity contribution is 5.78. The molecule has 0 spiro atoms. The highest BCUT2D eigenvalue weighted by Crippen LogP contribution is 2.23. The summed E-state index contributed by atoms with van der Waals surface area (Å²) in [5.74, 6) is -0.275. The number of nitrogens with two attached hydrogens (primary N) is 1. The minimum Gasteiger partial charge on any atom is -0.461 e. The smallest absolute Gasteiger partial charge is 0.327 e. The molecule has 0 bridgehead atoms. The first-order valence-corrected chi connectivity index (χ1v) is 6.47. The van der Waals surface area contributed by atoms with Crippen LogP contribution in [-0.2, 0) is 20.7 Å². The Morgan fingerprint density at radius 1 is 1.53 bits per heavy atom. The minimum absolute atomic E-state index is 0.187. The van der Waals surface area contributed by atoms with Crippen molar-refractivity contribution in [1.82, 2.24) is 5.32 Å². The predicted molar refractivity (Wildman–Crippen MR) is 71.7 cm³/mol. The lowest BCUT2D eigenvalue weighted by molar-refractivity contribution is -0.150. The number of hydrogen-bond donors (Lipinski definition) is 2. The molecule has 2 rings (SSSR count). The summed E-state index contributed by atoms with van der Waals surface area (Å²) in [4.78, 5) is 12.1. The van der Waals surface area contributed by atoms with Crippen molar-refractivity contribution in [2.45, 2.75) is 18.6 Å². The molecular weight excluding hydrogens is 244 g/mol. The SMILES string of the molecule is COC(CN)COC(=O)C1NCCc2ccccc21. The van der Waals surface area contributed by atoms with E-state index in [1.807, 2.05) is 24.3 Å². The van der Waals surface area contributed by atoms with Gasteiger partial charge >= 0.3 is 5.97 Å². The molecule has 3 N–H and O–H groups in total. The molecule has 5 heteroatoms. The van der Waals surface area contributed by atoms with E-state index in [4.69, 9.17) is 15.2 Å². The van der Waals surface area contributed by atoms with E-state index >= 15 is 0 Å². The van der Waals surface area contributed by atoms with E-state index in [0.717, 1.165) is 18.5 Å². The van der Waals surface area contributed by atoms with Gasteiger partial charge in [0.25, 0.3) is 0 Å². The maximum Gasteiger partial charge on any atom is 0.327 e. The number of methoxy groups -OCH3 is 1. The Kier molecular flexibility index (Phi) is 4.90. The van der Waals surface area contributed by atoms with Crippen molar-refractivity contribution in [3.8, 4) is 0 Å². The summed E-state index contributed by atoms with van der Waals surface area (Å²) in [5, 5.41) is 3.19. The average molecular weight is 264 g/mol. The zero-order chi connectivity index (χ0) is 13.7. The van der Waals surface area contributed by atoms with Crippen molar-refractivity contribution in [2.75, 3.05) is 26.8 Å². The van der Waals surface area contributed by atoms with Crippen LogP contribution < -0.4 is 11.1 Å². The number of hydrogen-bond acceptors (Lipinski definition) is 5. The van der Waals surface area contributed by atoms with Gasteiger partial charge in [-0.2, -0.15) is 0 Å². The van der Waals surface area contributed by atoms with Crippen molar-refractivity contribution >= 4 is 5.97 Å². The van der Waals surface area contributed by atoms with Crippen molar-refractivity contribution < 1.29 is 14.3 Å². The number of rotatable bonds is 5. The summed E-state index contributed by atoms with van der Waals surface area (Å²) in [6.07, 6.45) is 0.687. The van der Waals surface area contributed by atoms with Crippen LogP contribution in [0, 0.1) is 0 Å². The van der Waals surface area contributed by atoms with Crippen molar-refractivity contribution in [1.29, 1.82) is 0 Å². The van der Waals surface area contributed by atoms with E-state index < -0.39 is 0 Å². The van der Waals surface area contributed by atoms with Gasteiger partial charge in [0.15, 0.2) is 0 Å². The van der Waals surface area contributed by atoms with Crippen LogP contribution in [0.1, 0.15) is 17.2 Å². The molecule has 1 aromatic rings. The molecule has 0 aromatic heterocycles. The first-order valence-electron chi connectivity index (χ1n) is 6.47. The number of carbonyl (C=O) groups is 1. The molecule has 0 radical (unpaired) electrons. The van der Waals surface area contributed by atoms with Gasteiger partial charge in [-0.15, -0.1) is 0 Å². The van der Waals surface area contributed by atoms with Gasteiger partial charge in [0.1, 0.15) is 18.8 Å². The highest BCUT2D eigenvalue weighted by Gasteiger charge is 2.27. The van der Waals surface area contributed by atoms with Crippen LogP contribution in [0.2, 0.25) is 0 Å². The maximum atomic E-state index is 12.1. The summed E-state index contributed by atoms with van der Waals surface area (Å²) in [5.41, 5.74) is 7.69. The normalized spacial score (nSPS) is 19.6. The Hall–Kier alpha value is -1.43. The van der Waals surface area contributed by atoms with Gasteiger partial charge in [0, 0.05) is 20.2 Å². The lowest BCUT2D eigenvalue weighted by atomic mass is 9.94. The Morgan fingerprint density at radius 2 is 2.32 bits per heavy atom. The molecule has 2 atom stereocenters. The third kappa shape index (κ3) is 3.32. The van der Waals surface area contributed by atoms with Crippen LogP contribution in [-0.4, -0.2) is 38.9 Å². The first-order chi connectivity index (χ1) is 9.26. The molecule has 1 heterocycles. The van der Waals surface area contributed by atoms with Crippen molar-refractivity contribution in [3.05, 3.63) is 35.4 Å². The van der Waals surface area contributed by atoms with Crippen LogP contribution in [0.25, 0.3) is 0 Å². The Labute approximate surface area is 113 Å². The molecule has 5 nitrogen and oxygen atoms in total. The number of benzene rings is 1. The van der Waals surface area contributed by atoms with Crippen LogP contribution in [0.5, 0.6) is 0 Å². The van der Waals surface area contributed by atoms with Gasteiger partial charge < -0.3 is 20.5 Å². The number of carbonyl (C=O) groups excluding carboxylic acids is 1. The molecule has 0 saturated heterocycles. The Morgan fingerprint density at radius 3 is 3.05 bits per heavy atom. The summed E-state index contributed by atoms with van der Waals surface area (Å²) in [6.45, 7) is 1.30. The lowest BCUT2D eigenvalue weighted by Crippen LogP contribution is -2.38. The Bertz CT molecular complexity index is 432. The van der Waals surface area contributed by atoms with Crippen molar-refractivity contribution in [3.63, 3.8) is 0 Å². The fourth-order valence-electron chi connectivity index (χ4n) is 2.21. The van der Waals surface area contributed by atoms with Gasteiger partial charge in [-0.1, -0.05) is 24.3 Å². The zero-order valence-electron chi connectivity index (χ0n) is 11.1. The molecule has 2 unspecified atom stereocenters. The molecule has 1 aliphatic rings. The first kappa shape index (κ1) is 14.0. The molecule has 19 heavy (non-hydrogen) atoms. The van der Waals surface area contributed by atoms with Gasteiger partial charge in [-0.25, -0.2) is 4.79 Å². The summed E-state index contributed by atoms with van der Waals surface area (Å²) in [7, 11) is 1.56. The lowest BCUT2D eigenvalue weighted by Gasteiger charge is -2.25. The van der Waals surface area contributed by atoms with E-state index in [2.05, 4.69) is 5.32 Å². The van der Waals surface area contributed by atoms with E-state index in [1.165, 1.54) is 5.56 Å². The van der Waals surface area contributed by atoms with Gasteiger partial charge in [0.2, 0.25) is 0 Å². The Balaban J connectivity index is 2.01. The fraction of sp³-hybridized carbons (Fsp3) is 0.500. The molecule has 104 valence electrons. The number of ether oxygens (including phenoxy) is 2. The van der Waals surface area contributed by atoms with Crippen LogP contribution in [0.4, 0.5) is 0 Å². The van der Waals surface area contributed by atoms with Crippen LogP contribution in [0.15, 0.2) is 24.3 Å². The molecule has 0 fully saturated rings. The molecule has 1 aliphatic heterocycles. The van der Waals surface area contributed by atoms with Crippen LogP contribution >= 0.6 is 0 Å². The largest absolute Gasteiger partial charge is 0.461 e. The maximum absolute atomic E-state index is 12.1. The average Bonchev–Trinajstić information content (AvgIpc) is 2.47. The molecule has 0 aliphatic carbocycles. The van der Waals surface area contributed by atoms with Gasteiger partial charge in [-0.05, 0) is 17.5 Å². The zero-order valence-corrected chi connectivity index (χ0v) is 11.1. The fourth-order valence-corrected chi connectivity index (χ4v) is 2.21. The highest BCUT2D eigenvalue weighted by atomic mass is 16.6. The summed E-state index contributed by atoms with van der Waals surface area (Å²) in [6, 6.07) is 7.55. The van der Waals surface area contributed by atoms with E-state index in [-0.39, 0.29) is 24.7 Å². The summed E-state index contributed by atoms with van der Waals surface area (Å²) < 4.78 is 10.4. The third-order valence-corrected chi connectivity index (χ3v) is 3.35. The quantitative estimate of drug-likeness (QED) is 0.753. The third-order valence-electron chi connectivity index (χ3n) is 3.35. The second kappa shape index (κ2) is 6.65. The van der Waals surface area contributed by atoms with E-state index in [0.29, 0.717) is 6.54 Å². The monoisotopic (exact) mass is 264 g/mol. The number of fused-ring (bicyclic) bond motifs is 1. The topological polar surface area (TPSA) is 73.6 Å². The number of esters is 1. The van der Waals surface area contributed by atoms with Crippen molar-refractivity contribution in [2.24, 2.45) is 5.73 Å². The predicted octanol–water partition coefficient (Wildman–Crippen LogP) is 0.390. The van der Waals surface area contributed by atoms with Gasteiger partial charge in [0.05, 0.1) is 0 Å². The molecular formula is C14H20N2O3. The molecule has 0 saturated carbocycles. The molecule has 0 amide bonds.